The molecule has 0 spiro atoms. The zero-order chi connectivity index (χ0) is 14.3. The highest BCUT2D eigenvalue weighted by atomic mass is 16.5. The van der Waals surface area contributed by atoms with E-state index in [1.165, 1.54) is 23.8 Å². The maximum Gasteiger partial charge on any atom is 0.306 e. The van der Waals surface area contributed by atoms with E-state index in [0.29, 0.717) is 13.0 Å². The van der Waals surface area contributed by atoms with Crippen LogP contribution < -0.4 is 10.1 Å². The van der Waals surface area contributed by atoms with Crippen LogP contribution >= 0.6 is 0 Å². The smallest absolute Gasteiger partial charge is 0.306 e. The molecule has 0 bridgehead atoms. The zero-order valence-electron chi connectivity index (χ0n) is 12.2. The Labute approximate surface area is 115 Å². The highest BCUT2D eigenvalue weighted by Gasteiger charge is 2.07. The van der Waals surface area contributed by atoms with Gasteiger partial charge in [-0.3, -0.25) is 4.79 Å². The zero-order valence-corrected chi connectivity index (χ0v) is 12.2. The van der Waals surface area contributed by atoms with Crippen LogP contribution in [0.2, 0.25) is 0 Å². The number of nitrogens with one attached hydrogen (secondary N) is 1. The normalized spacial score (nSPS) is 10.3. The summed E-state index contributed by atoms with van der Waals surface area (Å²) in [7, 11) is 3.10. The number of ether oxygens (including phenoxy) is 2. The molecule has 0 atom stereocenters. The van der Waals surface area contributed by atoms with Gasteiger partial charge in [0.15, 0.2) is 0 Å². The van der Waals surface area contributed by atoms with Gasteiger partial charge in [0.1, 0.15) is 5.75 Å². The van der Waals surface area contributed by atoms with Gasteiger partial charge in [-0.1, -0.05) is 6.07 Å². The predicted molar refractivity (Wildman–Crippen MR) is 75.7 cm³/mol. The lowest BCUT2D eigenvalue weighted by molar-refractivity contribution is -0.140. The van der Waals surface area contributed by atoms with Gasteiger partial charge in [0.25, 0.3) is 0 Å². The highest BCUT2D eigenvalue weighted by molar-refractivity contribution is 5.69. The molecule has 1 N–H and O–H groups in total. The fraction of sp³-hybridized carbons (Fsp3) is 0.533. The van der Waals surface area contributed by atoms with Gasteiger partial charge in [-0.25, -0.2) is 0 Å². The van der Waals surface area contributed by atoms with Crippen molar-refractivity contribution < 1.29 is 14.3 Å². The Morgan fingerprint density at radius 1 is 1.21 bits per heavy atom. The van der Waals surface area contributed by atoms with Crippen LogP contribution in [0.5, 0.6) is 5.75 Å². The summed E-state index contributed by atoms with van der Waals surface area (Å²) in [5.41, 5.74) is 3.67. The fourth-order valence-electron chi connectivity index (χ4n) is 2.09. The van der Waals surface area contributed by atoms with Crippen LogP contribution in [-0.4, -0.2) is 33.3 Å². The van der Waals surface area contributed by atoms with Crippen LogP contribution in [0.25, 0.3) is 0 Å². The van der Waals surface area contributed by atoms with Crippen molar-refractivity contribution in [2.45, 2.75) is 26.7 Å². The number of carbonyl (C=O) groups is 1. The van der Waals surface area contributed by atoms with E-state index in [2.05, 4.69) is 36.0 Å². The number of aryl methyl sites for hydroxylation is 2. The summed E-state index contributed by atoms with van der Waals surface area (Å²) < 4.78 is 10.0. The molecule has 0 amide bonds. The van der Waals surface area contributed by atoms with E-state index in [9.17, 15) is 4.79 Å². The molecule has 0 radical (unpaired) electrons. The summed E-state index contributed by atoms with van der Waals surface area (Å²) in [5.74, 6) is 0.754. The van der Waals surface area contributed by atoms with Crippen molar-refractivity contribution in [2.24, 2.45) is 0 Å². The maximum absolute atomic E-state index is 11.0. The number of benzene rings is 1. The lowest BCUT2D eigenvalue weighted by atomic mass is 10.0. The number of hydrogen-bond acceptors (Lipinski definition) is 4. The lowest BCUT2D eigenvalue weighted by Gasteiger charge is -2.13. The molecular formula is C15H23NO3. The Morgan fingerprint density at radius 3 is 2.58 bits per heavy atom. The van der Waals surface area contributed by atoms with E-state index >= 15 is 0 Å². The van der Waals surface area contributed by atoms with Crippen LogP contribution in [0.15, 0.2) is 12.1 Å². The summed E-state index contributed by atoms with van der Waals surface area (Å²) >= 11 is 0. The Morgan fingerprint density at radius 2 is 1.95 bits per heavy atom. The molecule has 4 nitrogen and oxygen atoms in total. The third-order valence-corrected chi connectivity index (χ3v) is 3.08. The van der Waals surface area contributed by atoms with Gasteiger partial charge in [-0.2, -0.15) is 0 Å². The largest absolute Gasteiger partial charge is 0.496 e. The quantitative estimate of drug-likeness (QED) is 0.605. The summed E-state index contributed by atoms with van der Waals surface area (Å²) in [6.45, 7) is 5.62. The molecule has 1 aromatic carbocycles. The average molecular weight is 265 g/mol. The summed E-state index contributed by atoms with van der Waals surface area (Å²) in [4.78, 5) is 11.0. The van der Waals surface area contributed by atoms with E-state index in [-0.39, 0.29) is 5.97 Å². The molecule has 0 heterocycles. The van der Waals surface area contributed by atoms with Crippen LogP contribution in [-0.2, 0) is 16.0 Å². The molecule has 19 heavy (non-hydrogen) atoms. The number of esters is 1. The first-order chi connectivity index (χ1) is 9.08. The minimum atomic E-state index is -0.184. The first-order valence-electron chi connectivity index (χ1n) is 6.50. The Balaban J connectivity index is 2.47. The Bertz CT molecular complexity index is 430. The van der Waals surface area contributed by atoms with Crippen molar-refractivity contribution in [2.75, 3.05) is 27.3 Å². The summed E-state index contributed by atoms with van der Waals surface area (Å²) in [6, 6.07) is 4.21. The molecule has 106 valence electrons. The van der Waals surface area contributed by atoms with Crippen LogP contribution in [0.3, 0.4) is 0 Å². The van der Waals surface area contributed by atoms with Gasteiger partial charge in [-0.05, 0) is 49.6 Å². The van der Waals surface area contributed by atoms with E-state index in [0.717, 1.165) is 18.7 Å². The third-order valence-electron chi connectivity index (χ3n) is 3.08. The second-order valence-electron chi connectivity index (χ2n) is 4.59. The lowest BCUT2D eigenvalue weighted by Crippen LogP contribution is -2.21. The van der Waals surface area contributed by atoms with Gasteiger partial charge in [-0.15, -0.1) is 0 Å². The number of carbonyl (C=O) groups excluding carboxylic acids is 1. The molecule has 0 fully saturated rings. The first-order valence-corrected chi connectivity index (χ1v) is 6.50. The van der Waals surface area contributed by atoms with Crippen LogP contribution in [0, 0.1) is 13.8 Å². The predicted octanol–water partition coefficient (Wildman–Crippen LogP) is 2.01. The molecule has 0 saturated carbocycles. The SMILES string of the molecule is COC(=O)CCNCCc1c(C)cc(C)cc1OC. The molecule has 0 aromatic heterocycles. The number of methoxy groups -OCH3 is 2. The van der Waals surface area contributed by atoms with Crippen LogP contribution in [0.4, 0.5) is 0 Å². The molecule has 1 rings (SSSR count). The molecule has 0 aliphatic rings. The van der Waals surface area contributed by atoms with Crippen LogP contribution in [0.1, 0.15) is 23.1 Å². The Hall–Kier alpha value is -1.55. The minimum absolute atomic E-state index is 0.184. The van der Waals surface area contributed by atoms with Crippen molar-refractivity contribution in [3.05, 3.63) is 28.8 Å². The van der Waals surface area contributed by atoms with E-state index < -0.39 is 0 Å². The average Bonchev–Trinajstić information content (AvgIpc) is 2.39. The standard InChI is InChI=1S/C15H23NO3/c1-11-9-12(2)13(14(10-11)18-3)5-7-16-8-6-15(17)19-4/h9-10,16H,5-8H2,1-4H3. The monoisotopic (exact) mass is 265 g/mol. The van der Waals surface area contributed by atoms with Crippen molar-refractivity contribution >= 4 is 5.97 Å². The second-order valence-corrected chi connectivity index (χ2v) is 4.59. The van der Waals surface area contributed by atoms with Crippen molar-refractivity contribution in [3.63, 3.8) is 0 Å². The van der Waals surface area contributed by atoms with Gasteiger partial charge in [0, 0.05) is 6.54 Å². The first kappa shape index (κ1) is 15.5. The molecule has 0 aliphatic carbocycles. The minimum Gasteiger partial charge on any atom is -0.496 e. The van der Waals surface area contributed by atoms with Crippen molar-refractivity contribution in [1.82, 2.24) is 5.32 Å². The molecular weight excluding hydrogens is 242 g/mol. The van der Waals surface area contributed by atoms with Crippen molar-refractivity contribution in [1.29, 1.82) is 0 Å². The van der Waals surface area contributed by atoms with Gasteiger partial charge in [0.05, 0.1) is 20.6 Å². The Kier molecular flexibility index (Phi) is 6.36. The van der Waals surface area contributed by atoms with E-state index in [1.807, 2.05) is 0 Å². The molecule has 0 unspecified atom stereocenters. The van der Waals surface area contributed by atoms with Gasteiger partial charge < -0.3 is 14.8 Å². The highest BCUT2D eigenvalue weighted by Crippen LogP contribution is 2.24. The summed E-state index contributed by atoms with van der Waals surface area (Å²) in [5, 5.41) is 3.24. The topological polar surface area (TPSA) is 47.6 Å². The summed E-state index contributed by atoms with van der Waals surface area (Å²) in [6.07, 6.45) is 1.29. The van der Waals surface area contributed by atoms with E-state index in [1.54, 1.807) is 7.11 Å². The fourth-order valence-corrected chi connectivity index (χ4v) is 2.09. The number of rotatable bonds is 7. The third kappa shape index (κ3) is 4.91. The second kappa shape index (κ2) is 7.79. The van der Waals surface area contributed by atoms with Crippen molar-refractivity contribution in [3.8, 4) is 5.75 Å². The molecule has 4 heteroatoms. The van der Waals surface area contributed by atoms with Gasteiger partial charge >= 0.3 is 5.97 Å². The molecule has 0 saturated heterocycles. The molecule has 0 aliphatic heterocycles. The van der Waals surface area contributed by atoms with E-state index in [4.69, 9.17) is 4.74 Å². The molecule has 1 aromatic rings. The number of hydrogen-bond donors (Lipinski definition) is 1. The maximum atomic E-state index is 11.0. The van der Waals surface area contributed by atoms with Gasteiger partial charge in [0.2, 0.25) is 0 Å².